The Labute approximate surface area is 141 Å². The number of fused-ring (bicyclic) bond motifs is 1. The molecule has 122 valence electrons. The van der Waals surface area contributed by atoms with Crippen molar-refractivity contribution < 1.29 is 14.7 Å². The van der Waals surface area contributed by atoms with Crippen LogP contribution in [0.5, 0.6) is 0 Å². The van der Waals surface area contributed by atoms with Crippen LogP contribution in [0.2, 0.25) is 0 Å². The first-order chi connectivity index (χ1) is 11.1. The highest BCUT2D eigenvalue weighted by molar-refractivity contribution is 9.10. The van der Waals surface area contributed by atoms with Gasteiger partial charge in [0.25, 0.3) is 0 Å². The summed E-state index contributed by atoms with van der Waals surface area (Å²) in [6.07, 6.45) is 0.685. The summed E-state index contributed by atoms with van der Waals surface area (Å²) in [7, 11) is 0. The molecule has 1 saturated heterocycles. The number of benzene rings is 1. The van der Waals surface area contributed by atoms with E-state index in [4.69, 9.17) is 5.11 Å². The highest BCUT2D eigenvalue weighted by Gasteiger charge is 2.36. The molecule has 1 aliphatic rings. The predicted molar refractivity (Wildman–Crippen MR) is 89.0 cm³/mol. The minimum atomic E-state index is -0.386. The fourth-order valence-electron chi connectivity index (χ4n) is 2.71. The number of nitrogens with one attached hydrogen (secondary N) is 2. The number of H-pyrrole nitrogens is 1. The maximum atomic E-state index is 12.3. The van der Waals surface area contributed by atoms with Gasteiger partial charge in [-0.3, -0.25) is 19.6 Å². The molecule has 1 aromatic carbocycles. The molecule has 1 aliphatic heterocycles. The monoisotopic (exact) mass is 380 g/mol. The third kappa shape index (κ3) is 3.23. The number of aliphatic hydroxyl groups is 1. The molecule has 1 atom stereocenters. The van der Waals surface area contributed by atoms with Gasteiger partial charge in [-0.25, -0.2) is 0 Å². The minimum Gasteiger partial charge on any atom is -0.396 e. The van der Waals surface area contributed by atoms with E-state index in [0.717, 1.165) is 15.4 Å². The molecule has 2 heterocycles. The van der Waals surface area contributed by atoms with Crippen LogP contribution in [0.25, 0.3) is 10.9 Å². The maximum absolute atomic E-state index is 12.3. The third-order valence-corrected chi connectivity index (χ3v) is 4.38. The molecule has 23 heavy (non-hydrogen) atoms. The summed E-state index contributed by atoms with van der Waals surface area (Å²) in [5.41, 5.74) is 0.832. The fraction of sp³-hybridized carbons (Fsp3) is 0.400. The van der Waals surface area contributed by atoms with E-state index in [1.165, 1.54) is 0 Å². The average molecular weight is 381 g/mol. The Morgan fingerprint density at radius 1 is 1.52 bits per heavy atom. The Morgan fingerprint density at radius 2 is 2.35 bits per heavy atom. The summed E-state index contributed by atoms with van der Waals surface area (Å²) in [4.78, 5) is 25.9. The van der Waals surface area contributed by atoms with Crippen LogP contribution in [0.4, 0.5) is 5.82 Å². The number of aromatic amines is 1. The number of rotatable bonds is 5. The zero-order valence-electron chi connectivity index (χ0n) is 12.4. The van der Waals surface area contributed by atoms with Gasteiger partial charge in [-0.15, -0.1) is 0 Å². The van der Waals surface area contributed by atoms with E-state index in [9.17, 15) is 9.59 Å². The Hall–Kier alpha value is -1.93. The van der Waals surface area contributed by atoms with Crippen molar-refractivity contribution in [3.8, 4) is 0 Å². The molecular formula is C15H17BrN4O3. The Kier molecular flexibility index (Phi) is 4.63. The van der Waals surface area contributed by atoms with E-state index >= 15 is 0 Å². The number of aliphatic hydroxyl groups excluding tert-OH is 1. The van der Waals surface area contributed by atoms with Gasteiger partial charge in [0, 0.05) is 36.0 Å². The number of amides is 2. The van der Waals surface area contributed by atoms with E-state index in [-0.39, 0.29) is 30.8 Å². The molecule has 0 spiro atoms. The van der Waals surface area contributed by atoms with E-state index in [1.54, 1.807) is 4.90 Å². The zero-order chi connectivity index (χ0) is 16.4. The lowest BCUT2D eigenvalue weighted by Crippen LogP contribution is -2.33. The normalized spacial score (nSPS) is 17.9. The molecule has 7 nitrogen and oxygen atoms in total. The van der Waals surface area contributed by atoms with Crippen LogP contribution in [-0.4, -0.2) is 46.8 Å². The maximum Gasteiger partial charge on any atom is 0.229 e. The molecule has 0 saturated carbocycles. The third-order valence-electron chi connectivity index (χ3n) is 3.89. The number of carbonyl (C=O) groups is 2. The van der Waals surface area contributed by atoms with Crippen molar-refractivity contribution >= 4 is 44.5 Å². The van der Waals surface area contributed by atoms with E-state index in [1.807, 2.05) is 18.2 Å². The van der Waals surface area contributed by atoms with Crippen LogP contribution in [0.3, 0.4) is 0 Å². The minimum absolute atomic E-state index is 0.0326. The molecule has 0 bridgehead atoms. The topological polar surface area (TPSA) is 98.3 Å². The standard InChI is InChI=1S/C15H17BrN4O3/c16-10-2-3-11-12(7-10)18-19-14(11)20-8-9(6-13(20)22)15(23)17-4-1-5-21/h2-3,7,9,21H,1,4-6,8H2,(H,17,23)(H,18,19). The summed E-state index contributed by atoms with van der Waals surface area (Å²) < 4.78 is 0.925. The molecule has 8 heteroatoms. The number of halogens is 1. The number of anilines is 1. The van der Waals surface area contributed by atoms with E-state index in [2.05, 4.69) is 31.4 Å². The lowest BCUT2D eigenvalue weighted by molar-refractivity contribution is -0.126. The van der Waals surface area contributed by atoms with Crippen LogP contribution in [0.15, 0.2) is 22.7 Å². The first-order valence-corrected chi connectivity index (χ1v) is 8.22. The molecule has 1 unspecified atom stereocenters. The van der Waals surface area contributed by atoms with Crippen molar-refractivity contribution in [2.45, 2.75) is 12.8 Å². The molecular weight excluding hydrogens is 364 g/mol. The first-order valence-electron chi connectivity index (χ1n) is 7.42. The first kappa shape index (κ1) is 15.9. The van der Waals surface area contributed by atoms with Crippen molar-refractivity contribution in [1.29, 1.82) is 0 Å². The second kappa shape index (κ2) is 6.67. The van der Waals surface area contributed by atoms with Crippen LogP contribution in [0, 0.1) is 5.92 Å². The predicted octanol–water partition coefficient (Wildman–Crippen LogP) is 1.18. The second-order valence-corrected chi connectivity index (χ2v) is 6.43. The van der Waals surface area contributed by atoms with Crippen LogP contribution >= 0.6 is 15.9 Å². The summed E-state index contributed by atoms with van der Waals surface area (Å²) in [5.74, 6) is -0.0907. The Morgan fingerprint density at radius 3 is 3.13 bits per heavy atom. The summed E-state index contributed by atoms with van der Waals surface area (Å²) >= 11 is 3.40. The largest absolute Gasteiger partial charge is 0.396 e. The van der Waals surface area contributed by atoms with Gasteiger partial charge in [0.15, 0.2) is 5.82 Å². The van der Waals surface area contributed by atoms with Gasteiger partial charge < -0.3 is 10.4 Å². The van der Waals surface area contributed by atoms with Gasteiger partial charge >= 0.3 is 0 Å². The molecule has 1 fully saturated rings. The van der Waals surface area contributed by atoms with Gasteiger partial charge in [0.2, 0.25) is 11.8 Å². The molecule has 2 amide bonds. The van der Waals surface area contributed by atoms with Gasteiger partial charge in [0.05, 0.1) is 11.4 Å². The number of nitrogens with zero attached hydrogens (tertiary/aromatic N) is 2. The number of carbonyl (C=O) groups excluding carboxylic acids is 2. The lowest BCUT2D eigenvalue weighted by atomic mass is 10.1. The number of hydrogen-bond donors (Lipinski definition) is 3. The van der Waals surface area contributed by atoms with Gasteiger partial charge in [-0.05, 0) is 24.6 Å². The Bertz CT molecular complexity index is 745. The number of hydrogen-bond acceptors (Lipinski definition) is 4. The van der Waals surface area contributed by atoms with Crippen molar-refractivity contribution in [3.05, 3.63) is 22.7 Å². The van der Waals surface area contributed by atoms with Crippen molar-refractivity contribution in [2.24, 2.45) is 5.92 Å². The molecule has 3 N–H and O–H groups in total. The average Bonchev–Trinajstić information content (AvgIpc) is 3.10. The summed E-state index contributed by atoms with van der Waals surface area (Å²) in [6.45, 7) is 0.768. The zero-order valence-corrected chi connectivity index (χ0v) is 14.0. The quantitative estimate of drug-likeness (QED) is 0.678. The summed E-state index contributed by atoms with van der Waals surface area (Å²) in [6, 6.07) is 5.67. The van der Waals surface area contributed by atoms with Crippen molar-refractivity contribution in [2.75, 3.05) is 24.6 Å². The van der Waals surface area contributed by atoms with Crippen LogP contribution in [0.1, 0.15) is 12.8 Å². The highest BCUT2D eigenvalue weighted by atomic mass is 79.9. The van der Waals surface area contributed by atoms with Crippen LogP contribution in [-0.2, 0) is 9.59 Å². The van der Waals surface area contributed by atoms with Crippen molar-refractivity contribution in [3.63, 3.8) is 0 Å². The van der Waals surface area contributed by atoms with E-state index in [0.29, 0.717) is 25.3 Å². The second-order valence-electron chi connectivity index (χ2n) is 5.51. The Balaban J connectivity index is 1.75. The highest BCUT2D eigenvalue weighted by Crippen LogP contribution is 2.31. The SMILES string of the molecule is O=C(NCCCO)C1CC(=O)N(c2n[nH]c3cc(Br)ccc23)C1. The van der Waals surface area contributed by atoms with Crippen molar-refractivity contribution in [1.82, 2.24) is 15.5 Å². The lowest BCUT2D eigenvalue weighted by Gasteiger charge is -2.14. The van der Waals surface area contributed by atoms with Gasteiger partial charge in [-0.2, -0.15) is 5.10 Å². The molecule has 0 radical (unpaired) electrons. The van der Waals surface area contributed by atoms with Gasteiger partial charge in [0.1, 0.15) is 0 Å². The number of aromatic nitrogens is 2. The molecule has 1 aromatic heterocycles. The van der Waals surface area contributed by atoms with Gasteiger partial charge in [-0.1, -0.05) is 15.9 Å². The molecule has 0 aliphatic carbocycles. The molecule has 3 rings (SSSR count). The van der Waals surface area contributed by atoms with E-state index < -0.39 is 0 Å². The molecule has 2 aromatic rings. The van der Waals surface area contributed by atoms with Crippen LogP contribution < -0.4 is 10.2 Å². The summed E-state index contributed by atoms with van der Waals surface area (Å²) in [5, 5.41) is 19.5. The fourth-order valence-corrected chi connectivity index (χ4v) is 3.07. The smallest absolute Gasteiger partial charge is 0.229 e.